The Labute approximate surface area is 139 Å². The Morgan fingerprint density at radius 2 is 2.09 bits per heavy atom. The number of fused-ring (bicyclic) bond motifs is 1. The maximum Gasteiger partial charge on any atom is 0.264 e. The van der Waals surface area contributed by atoms with Crippen LogP contribution in [0.25, 0.3) is 10.1 Å². The normalized spacial score (nSPS) is 24.4. The van der Waals surface area contributed by atoms with E-state index in [1.165, 1.54) is 16.9 Å². The van der Waals surface area contributed by atoms with E-state index in [-0.39, 0.29) is 11.8 Å². The number of nitrogens with zero attached hydrogens (tertiary/aromatic N) is 1. The van der Waals surface area contributed by atoms with E-state index in [4.69, 9.17) is 0 Å². The van der Waals surface area contributed by atoms with E-state index >= 15 is 0 Å². The molecule has 2 amide bonds. The Morgan fingerprint density at radius 3 is 2.91 bits per heavy atom. The molecule has 120 valence electrons. The van der Waals surface area contributed by atoms with E-state index < -0.39 is 5.54 Å². The van der Waals surface area contributed by atoms with Crippen LogP contribution in [0.5, 0.6) is 0 Å². The van der Waals surface area contributed by atoms with Gasteiger partial charge < -0.3 is 10.2 Å². The van der Waals surface area contributed by atoms with Gasteiger partial charge in [0.25, 0.3) is 5.91 Å². The van der Waals surface area contributed by atoms with Crippen molar-refractivity contribution in [3.05, 3.63) is 34.7 Å². The third-order valence-electron chi connectivity index (χ3n) is 5.09. The van der Waals surface area contributed by atoms with Crippen LogP contribution >= 0.6 is 11.3 Å². The van der Waals surface area contributed by atoms with Crippen LogP contribution in [0.15, 0.2) is 24.3 Å². The number of likely N-dealkylation sites (tertiary alicyclic amines) is 1. The topological polar surface area (TPSA) is 49.4 Å². The molecule has 0 saturated carbocycles. The highest BCUT2D eigenvalue weighted by molar-refractivity contribution is 7.20. The van der Waals surface area contributed by atoms with E-state index in [1.807, 2.05) is 11.0 Å². The number of hydrogen-bond acceptors (Lipinski definition) is 3. The Hall–Kier alpha value is -1.88. The summed E-state index contributed by atoms with van der Waals surface area (Å²) in [6.07, 6.45) is 3.42. The average molecular weight is 328 g/mol. The first-order chi connectivity index (χ1) is 11.1. The molecule has 3 heterocycles. The van der Waals surface area contributed by atoms with Gasteiger partial charge in [-0.3, -0.25) is 9.59 Å². The molecule has 5 heteroatoms. The summed E-state index contributed by atoms with van der Waals surface area (Å²) in [7, 11) is 0. The van der Waals surface area contributed by atoms with Crippen molar-refractivity contribution in [3.63, 3.8) is 0 Å². The predicted molar refractivity (Wildman–Crippen MR) is 91.8 cm³/mol. The lowest BCUT2D eigenvalue weighted by atomic mass is 9.86. The predicted octanol–water partition coefficient (Wildman–Crippen LogP) is 3.09. The molecule has 2 aliphatic rings. The smallest absolute Gasteiger partial charge is 0.264 e. The van der Waals surface area contributed by atoms with Crippen molar-refractivity contribution in [2.45, 2.75) is 38.1 Å². The first kappa shape index (κ1) is 14.7. The van der Waals surface area contributed by atoms with Crippen LogP contribution in [0.2, 0.25) is 0 Å². The van der Waals surface area contributed by atoms with Crippen LogP contribution in [0.3, 0.4) is 0 Å². The van der Waals surface area contributed by atoms with Crippen LogP contribution in [0, 0.1) is 6.92 Å². The van der Waals surface area contributed by atoms with E-state index in [2.05, 4.69) is 30.4 Å². The van der Waals surface area contributed by atoms with Gasteiger partial charge >= 0.3 is 0 Å². The van der Waals surface area contributed by atoms with Crippen LogP contribution in [0.4, 0.5) is 0 Å². The van der Waals surface area contributed by atoms with Crippen molar-refractivity contribution in [1.29, 1.82) is 0 Å². The number of carbonyl (C=O) groups is 2. The molecule has 4 rings (SSSR count). The summed E-state index contributed by atoms with van der Waals surface area (Å²) in [5.74, 6) is 0.0463. The standard InChI is InChI=1S/C18H20N2O2S/c1-12-4-5-14-13(10-12)11-15(23-14)16(21)20-9-3-7-18(20)6-2-8-19-17(18)22/h4-5,10-11H,2-3,6-9H2,1H3,(H,19,22). The van der Waals surface area contributed by atoms with Crippen molar-refractivity contribution in [2.75, 3.05) is 13.1 Å². The zero-order chi connectivity index (χ0) is 16.0. The molecule has 0 bridgehead atoms. The molecule has 0 radical (unpaired) electrons. The zero-order valence-electron chi connectivity index (χ0n) is 13.2. The first-order valence-corrected chi connectivity index (χ1v) is 9.02. The van der Waals surface area contributed by atoms with Crippen molar-refractivity contribution in [3.8, 4) is 0 Å². The lowest BCUT2D eigenvalue weighted by Crippen LogP contribution is -2.60. The molecule has 1 aromatic heterocycles. The van der Waals surface area contributed by atoms with Crippen molar-refractivity contribution in [2.24, 2.45) is 0 Å². The fourth-order valence-electron chi connectivity index (χ4n) is 3.93. The summed E-state index contributed by atoms with van der Waals surface area (Å²) in [5, 5.41) is 4.07. The minimum atomic E-state index is -0.610. The lowest BCUT2D eigenvalue weighted by Gasteiger charge is -2.39. The van der Waals surface area contributed by atoms with Gasteiger partial charge in [-0.25, -0.2) is 0 Å². The van der Waals surface area contributed by atoms with Crippen molar-refractivity contribution < 1.29 is 9.59 Å². The Morgan fingerprint density at radius 1 is 1.26 bits per heavy atom. The van der Waals surface area contributed by atoms with Crippen LogP contribution < -0.4 is 5.32 Å². The monoisotopic (exact) mass is 328 g/mol. The highest BCUT2D eigenvalue weighted by atomic mass is 32.1. The number of benzene rings is 1. The van der Waals surface area contributed by atoms with Gasteiger partial charge in [0.15, 0.2) is 0 Å². The van der Waals surface area contributed by atoms with Gasteiger partial charge in [0.05, 0.1) is 4.88 Å². The Balaban J connectivity index is 1.70. The van der Waals surface area contributed by atoms with Crippen molar-refractivity contribution >= 4 is 33.2 Å². The van der Waals surface area contributed by atoms with Gasteiger partial charge in [0, 0.05) is 17.8 Å². The molecule has 1 spiro atoms. The molecule has 2 aromatic rings. The fourth-order valence-corrected chi connectivity index (χ4v) is 4.92. The number of aryl methyl sites for hydroxylation is 1. The third kappa shape index (κ3) is 2.26. The summed E-state index contributed by atoms with van der Waals surface area (Å²) in [6.45, 7) is 3.46. The highest BCUT2D eigenvalue weighted by Crippen LogP contribution is 2.38. The van der Waals surface area contributed by atoms with Crippen LogP contribution in [-0.4, -0.2) is 35.3 Å². The van der Waals surface area contributed by atoms with Crippen LogP contribution in [-0.2, 0) is 4.79 Å². The summed E-state index contributed by atoms with van der Waals surface area (Å²) in [4.78, 5) is 28.1. The second-order valence-corrected chi connectivity index (χ2v) is 7.69. The molecule has 0 aliphatic carbocycles. The summed E-state index contributed by atoms with van der Waals surface area (Å²) in [6, 6.07) is 8.22. The minimum Gasteiger partial charge on any atom is -0.354 e. The summed E-state index contributed by atoms with van der Waals surface area (Å²) in [5.41, 5.74) is 0.583. The van der Waals surface area contributed by atoms with Gasteiger partial charge in [-0.1, -0.05) is 17.7 Å². The maximum atomic E-state index is 13.1. The summed E-state index contributed by atoms with van der Waals surface area (Å²) < 4.78 is 1.13. The Kier molecular flexibility index (Phi) is 3.41. The quantitative estimate of drug-likeness (QED) is 0.874. The fraction of sp³-hybridized carbons (Fsp3) is 0.444. The second kappa shape index (κ2) is 5.34. The van der Waals surface area contributed by atoms with E-state index in [1.54, 1.807) is 0 Å². The molecular formula is C18H20N2O2S. The number of piperidine rings is 1. The molecule has 2 fully saturated rings. The Bertz CT molecular complexity index is 797. The molecule has 2 aliphatic heterocycles. The molecule has 1 atom stereocenters. The molecule has 4 nitrogen and oxygen atoms in total. The number of hydrogen-bond donors (Lipinski definition) is 1. The average Bonchev–Trinajstić information content (AvgIpc) is 3.14. The van der Waals surface area contributed by atoms with Gasteiger partial charge in [0.2, 0.25) is 5.91 Å². The van der Waals surface area contributed by atoms with Gasteiger partial charge in [-0.05, 0) is 50.1 Å². The van der Waals surface area contributed by atoms with Gasteiger partial charge in [0.1, 0.15) is 5.54 Å². The van der Waals surface area contributed by atoms with E-state index in [0.717, 1.165) is 47.2 Å². The molecule has 1 aromatic carbocycles. The molecule has 23 heavy (non-hydrogen) atoms. The first-order valence-electron chi connectivity index (χ1n) is 8.21. The second-order valence-electron chi connectivity index (χ2n) is 6.60. The largest absolute Gasteiger partial charge is 0.354 e. The molecule has 1 unspecified atom stereocenters. The number of rotatable bonds is 1. The number of amides is 2. The zero-order valence-corrected chi connectivity index (χ0v) is 14.0. The number of thiophene rings is 1. The van der Waals surface area contributed by atoms with E-state index in [9.17, 15) is 9.59 Å². The SMILES string of the molecule is Cc1ccc2sc(C(=O)N3CCCC34CCCNC4=O)cc2c1. The van der Waals surface area contributed by atoms with Crippen molar-refractivity contribution in [1.82, 2.24) is 10.2 Å². The van der Waals surface area contributed by atoms with Gasteiger partial charge in [-0.2, -0.15) is 0 Å². The molecule has 1 N–H and O–H groups in total. The number of carbonyl (C=O) groups excluding carboxylic acids is 2. The maximum absolute atomic E-state index is 13.1. The van der Waals surface area contributed by atoms with E-state index in [0.29, 0.717) is 6.54 Å². The molecular weight excluding hydrogens is 308 g/mol. The summed E-state index contributed by atoms with van der Waals surface area (Å²) >= 11 is 1.53. The molecule has 2 saturated heterocycles. The highest BCUT2D eigenvalue weighted by Gasteiger charge is 2.50. The van der Waals surface area contributed by atoms with Gasteiger partial charge in [-0.15, -0.1) is 11.3 Å². The third-order valence-corrected chi connectivity index (χ3v) is 6.20. The lowest BCUT2D eigenvalue weighted by molar-refractivity contribution is -0.133. The van der Waals surface area contributed by atoms with Crippen LogP contribution in [0.1, 0.15) is 40.9 Å². The number of nitrogens with one attached hydrogen (secondary N) is 1. The minimum absolute atomic E-state index is 0.0124.